The zero-order chi connectivity index (χ0) is 31.0. The third kappa shape index (κ3) is 4.95. The largest absolute Gasteiger partial charge is 0.472 e. The molecule has 23 heteroatoms. The van der Waals surface area contributed by atoms with Crippen LogP contribution in [0, 0.1) is 0 Å². The van der Waals surface area contributed by atoms with E-state index in [2.05, 4.69) is 29.9 Å². The van der Waals surface area contributed by atoms with E-state index in [-0.39, 0.29) is 34.0 Å². The first-order valence-electron chi connectivity index (χ1n) is 12.7. The van der Waals surface area contributed by atoms with E-state index >= 15 is 8.78 Å². The lowest BCUT2D eigenvalue weighted by Gasteiger charge is -2.25. The number of ether oxygens (including phenoxy) is 2. The van der Waals surface area contributed by atoms with Crippen LogP contribution in [-0.2, 0) is 32.2 Å². The molecule has 0 saturated carbocycles. The van der Waals surface area contributed by atoms with E-state index in [0.29, 0.717) is 5.82 Å². The number of fused-ring (bicyclic) bond motifs is 4. The Labute approximate surface area is 243 Å². The molecule has 44 heavy (non-hydrogen) atoms. The molecule has 234 valence electrons. The van der Waals surface area contributed by atoms with Crippen molar-refractivity contribution in [3.8, 4) is 0 Å². The topological polar surface area (TPSA) is 260 Å². The molecule has 7 rings (SSSR count). The van der Waals surface area contributed by atoms with Gasteiger partial charge in [-0.15, -0.1) is 0 Å². The van der Waals surface area contributed by atoms with Crippen LogP contribution in [0.4, 0.5) is 20.4 Å². The molecule has 2 saturated heterocycles. The van der Waals surface area contributed by atoms with Crippen LogP contribution in [0.25, 0.3) is 22.3 Å². The molecule has 3 aliphatic heterocycles. The van der Waals surface area contributed by atoms with Gasteiger partial charge in [-0.25, -0.2) is 43.2 Å². The Morgan fingerprint density at radius 3 is 2.00 bits per heavy atom. The molecule has 2 fully saturated rings. The van der Waals surface area contributed by atoms with Gasteiger partial charge in [-0.2, -0.15) is 0 Å². The summed E-state index contributed by atoms with van der Waals surface area (Å²) in [6, 6.07) is 0. The first-order chi connectivity index (χ1) is 20.9. The van der Waals surface area contributed by atoms with E-state index in [0.717, 1.165) is 27.9 Å². The van der Waals surface area contributed by atoms with Crippen molar-refractivity contribution in [2.45, 2.75) is 49.2 Å². The maximum atomic E-state index is 15.9. The summed E-state index contributed by atoms with van der Waals surface area (Å²) in [5, 5.41) is 0. The van der Waals surface area contributed by atoms with Gasteiger partial charge in [0.1, 0.15) is 48.1 Å². The lowest BCUT2D eigenvalue weighted by Crippen LogP contribution is -2.35. The summed E-state index contributed by atoms with van der Waals surface area (Å²) in [5.74, 6) is 0.658. The van der Waals surface area contributed by atoms with Gasteiger partial charge in [0.25, 0.3) is 0 Å². The number of rotatable bonds is 2. The monoisotopic (exact) mass is 658 g/mol. The molecule has 0 aliphatic carbocycles. The van der Waals surface area contributed by atoms with Crippen LogP contribution in [0.5, 0.6) is 0 Å². The van der Waals surface area contributed by atoms with Crippen molar-refractivity contribution in [1.82, 2.24) is 39.0 Å². The van der Waals surface area contributed by atoms with Gasteiger partial charge >= 0.3 is 15.4 Å². The minimum atomic E-state index is -5.10. The molecule has 0 aromatic carbocycles. The third-order valence-electron chi connectivity index (χ3n) is 7.19. The summed E-state index contributed by atoms with van der Waals surface area (Å²) >= 11 is 0. The zero-order valence-corrected chi connectivity index (χ0v) is 23.7. The first kappa shape index (κ1) is 29.2. The SMILES string of the molecule is Nc1ncnc2c1ncn2[C@@H]1O[C@@H]2/C=C\P(=O)(O)O[C@H]3[C@@H](F)[C@H](n4cnc5c(N)ncnc54)O[C@@H]3COP(=O)(O)O[C@H]2[C@H]1F. The maximum absolute atomic E-state index is 15.9. The van der Waals surface area contributed by atoms with E-state index < -0.39 is 71.2 Å². The minimum absolute atomic E-state index is 0.0104. The van der Waals surface area contributed by atoms with Gasteiger partial charge in [0.15, 0.2) is 47.7 Å². The quantitative estimate of drug-likeness (QED) is 0.218. The Morgan fingerprint density at radius 1 is 0.818 bits per heavy atom. The molecular weight excluding hydrogens is 636 g/mol. The van der Waals surface area contributed by atoms with Crippen LogP contribution in [0.1, 0.15) is 12.5 Å². The van der Waals surface area contributed by atoms with Crippen molar-refractivity contribution < 1.29 is 50.7 Å². The Morgan fingerprint density at radius 2 is 1.39 bits per heavy atom. The average Bonchev–Trinajstić information content (AvgIpc) is 3.73. The second-order valence-electron chi connectivity index (χ2n) is 9.92. The van der Waals surface area contributed by atoms with Crippen LogP contribution in [0.15, 0.2) is 37.2 Å². The fourth-order valence-corrected chi connectivity index (χ4v) is 7.19. The highest BCUT2D eigenvalue weighted by atomic mass is 31.2. The lowest BCUT2D eigenvalue weighted by atomic mass is 10.1. The van der Waals surface area contributed by atoms with Crippen LogP contribution < -0.4 is 11.5 Å². The fourth-order valence-electron chi connectivity index (χ4n) is 5.19. The predicted octanol–water partition coefficient (Wildman–Crippen LogP) is 0.902. The van der Waals surface area contributed by atoms with Gasteiger partial charge < -0.3 is 30.7 Å². The second-order valence-corrected chi connectivity index (χ2v) is 13.0. The maximum Gasteiger partial charge on any atom is 0.472 e. The minimum Gasteiger partial charge on any atom is -0.382 e. The Kier molecular flexibility index (Phi) is 6.99. The molecule has 3 aliphatic rings. The summed E-state index contributed by atoms with van der Waals surface area (Å²) in [5.41, 5.74) is 12.0. The van der Waals surface area contributed by atoms with E-state index in [1.807, 2.05) is 0 Å². The molecule has 4 aromatic rings. The van der Waals surface area contributed by atoms with Gasteiger partial charge in [-0.05, 0) is 6.08 Å². The van der Waals surface area contributed by atoms with Crippen molar-refractivity contribution >= 4 is 49.4 Å². The Hall–Kier alpha value is -3.52. The molecule has 6 N–H and O–H groups in total. The number of nitrogens with zero attached hydrogens (tertiary/aromatic N) is 8. The summed E-state index contributed by atoms with van der Waals surface area (Å²) in [6.07, 6.45) is -8.63. The standard InChI is InChI=1S/C21H22F2N10O9P2/c22-10-14-8(39-20(10)32-6-30-12-16(24)26-4-28-18(12)32)1-2-43(34,35)41-15-9(3-38-44(36,37)42-14)40-21(11(15)23)33-7-31-13-17(25)27-5-29-19(13)33/h1-2,4-11,14-15,20-21H,3H2,(H,34,35)(H,36,37)(H2,24,26,28)(H2,25,27,29)/b2-1-/t8-,9-,10-,11-,14-,15-,20-,21-/m1/s1. The van der Waals surface area contributed by atoms with Crippen molar-refractivity contribution in [1.29, 1.82) is 0 Å². The normalized spacial score (nSPS) is 38.6. The van der Waals surface area contributed by atoms with E-state index in [1.165, 1.54) is 12.7 Å². The van der Waals surface area contributed by atoms with Gasteiger partial charge in [0.2, 0.25) is 0 Å². The third-order valence-corrected chi connectivity index (χ3v) is 9.27. The van der Waals surface area contributed by atoms with Gasteiger partial charge in [0, 0.05) is 5.82 Å². The highest BCUT2D eigenvalue weighted by molar-refractivity contribution is 7.56. The van der Waals surface area contributed by atoms with Crippen molar-refractivity contribution in [3.05, 3.63) is 37.2 Å². The summed E-state index contributed by atoms with van der Waals surface area (Å²) in [4.78, 5) is 45.0. The Balaban J connectivity index is 1.20. The number of aromatic nitrogens is 8. The van der Waals surface area contributed by atoms with Crippen LogP contribution in [0.2, 0.25) is 0 Å². The first-order valence-corrected chi connectivity index (χ1v) is 15.9. The molecule has 0 radical (unpaired) electrons. The number of nitrogen functional groups attached to an aromatic ring is 2. The fraction of sp³-hybridized carbons (Fsp3) is 0.429. The van der Waals surface area contributed by atoms with E-state index in [4.69, 9.17) is 34.5 Å². The number of anilines is 2. The molecule has 0 bridgehead atoms. The predicted molar refractivity (Wildman–Crippen MR) is 142 cm³/mol. The number of hydrogen-bond acceptors (Lipinski definition) is 15. The van der Waals surface area contributed by atoms with Crippen molar-refractivity contribution in [3.63, 3.8) is 0 Å². The molecular formula is C21H22F2N10O9P2. The summed E-state index contributed by atoms with van der Waals surface area (Å²) in [7, 11) is -9.91. The molecule has 2 unspecified atom stereocenters. The number of imidazole rings is 2. The molecule has 4 aromatic heterocycles. The van der Waals surface area contributed by atoms with Gasteiger partial charge in [-0.3, -0.25) is 27.3 Å². The zero-order valence-electron chi connectivity index (χ0n) is 21.9. The second kappa shape index (κ2) is 10.5. The number of nitrogens with two attached hydrogens (primary N) is 2. The highest BCUT2D eigenvalue weighted by Crippen LogP contribution is 2.54. The van der Waals surface area contributed by atoms with Crippen LogP contribution in [0.3, 0.4) is 0 Å². The lowest BCUT2D eigenvalue weighted by molar-refractivity contribution is -0.0481. The van der Waals surface area contributed by atoms with Crippen LogP contribution >= 0.6 is 15.4 Å². The molecule has 19 nitrogen and oxygen atoms in total. The number of hydrogen-bond donors (Lipinski definition) is 4. The number of alkyl halides is 2. The van der Waals surface area contributed by atoms with Gasteiger partial charge in [-0.1, -0.05) is 0 Å². The molecule has 7 heterocycles. The van der Waals surface area contributed by atoms with Gasteiger partial charge in [0.05, 0.1) is 19.3 Å². The number of phosphoric acid groups is 1. The molecule has 0 spiro atoms. The highest BCUT2D eigenvalue weighted by Gasteiger charge is 2.53. The van der Waals surface area contributed by atoms with E-state index in [1.54, 1.807) is 0 Å². The van der Waals surface area contributed by atoms with E-state index in [9.17, 15) is 18.9 Å². The van der Waals surface area contributed by atoms with Crippen LogP contribution in [-0.4, -0.2) is 92.2 Å². The van der Waals surface area contributed by atoms with Crippen molar-refractivity contribution in [2.75, 3.05) is 18.1 Å². The van der Waals surface area contributed by atoms with Crippen molar-refractivity contribution in [2.24, 2.45) is 0 Å². The number of phosphoric ester groups is 1. The molecule has 0 amide bonds. The summed E-state index contributed by atoms with van der Waals surface area (Å²) < 4.78 is 87.0. The summed E-state index contributed by atoms with van der Waals surface area (Å²) in [6.45, 7) is -0.871. The molecule has 10 atom stereocenters. The smallest absolute Gasteiger partial charge is 0.382 e. The number of halogens is 2. The average molecular weight is 658 g/mol. The Bertz CT molecular complexity index is 1880.